The van der Waals surface area contributed by atoms with E-state index in [4.69, 9.17) is 8.83 Å². The lowest BCUT2D eigenvalue weighted by molar-refractivity contribution is 0.664. The first kappa shape index (κ1) is 35.8. The Morgan fingerprint density at radius 3 is 1.02 bits per heavy atom. The number of para-hydroxylation sites is 2. The van der Waals surface area contributed by atoms with Crippen molar-refractivity contribution in [1.82, 2.24) is 0 Å². The molecule has 0 aliphatic carbocycles. The smallest absolute Gasteiger partial charge is 0.136 e. The summed E-state index contributed by atoms with van der Waals surface area (Å²) in [4.78, 5) is 4.64. The van der Waals surface area contributed by atoms with Crippen LogP contribution in [0.2, 0.25) is 0 Å². The van der Waals surface area contributed by atoms with E-state index in [0.717, 1.165) is 99.5 Å². The van der Waals surface area contributed by atoms with Gasteiger partial charge in [0.1, 0.15) is 22.3 Å². The van der Waals surface area contributed by atoms with Crippen LogP contribution in [0, 0.1) is 0 Å². The van der Waals surface area contributed by atoms with Crippen LogP contribution in [0.1, 0.15) is 50.7 Å². The minimum Gasteiger partial charge on any atom is -0.456 e. The molecule has 11 aromatic rings. The first-order chi connectivity index (χ1) is 29.3. The number of benzene rings is 9. The molecule has 0 radical (unpaired) electrons. The fourth-order valence-electron chi connectivity index (χ4n) is 8.85. The summed E-state index contributed by atoms with van der Waals surface area (Å²) in [7, 11) is 0. The molecular formula is C56H44N2O2. The van der Waals surface area contributed by atoms with Crippen molar-refractivity contribution >= 4 is 99.5 Å². The molecule has 9 aromatic carbocycles. The molecule has 0 N–H and O–H groups in total. The summed E-state index contributed by atoms with van der Waals surface area (Å²) in [5, 5.41) is 8.81. The van der Waals surface area contributed by atoms with Gasteiger partial charge in [-0.2, -0.15) is 0 Å². The second-order valence-electron chi connectivity index (χ2n) is 16.6. The molecule has 11 rings (SSSR count). The van der Waals surface area contributed by atoms with Crippen LogP contribution < -0.4 is 9.80 Å². The van der Waals surface area contributed by atoms with Crippen molar-refractivity contribution in [2.75, 3.05) is 9.80 Å². The minimum absolute atomic E-state index is 0.475. The molecule has 0 saturated carbocycles. The fourth-order valence-corrected chi connectivity index (χ4v) is 8.85. The van der Waals surface area contributed by atoms with Gasteiger partial charge in [0.25, 0.3) is 0 Å². The summed E-state index contributed by atoms with van der Waals surface area (Å²) in [5.41, 5.74) is 12.7. The van der Waals surface area contributed by atoms with E-state index in [1.807, 2.05) is 0 Å². The van der Waals surface area contributed by atoms with Crippen LogP contribution in [-0.2, 0) is 0 Å². The summed E-state index contributed by atoms with van der Waals surface area (Å²) in [6, 6.07) is 65.6. The summed E-state index contributed by atoms with van der Waals surface area (Å²) in [5.74, 6) is 0.951. The highest BCUT2D eigenvalue weighted by atomic mass is 16.3. The Hall–Kier alpha value is -7.30. The van der Waals surface area contributed by atoms with Gasteiger partial charge in [-0.15, -0.1) is 0 Å². The van der Waals surface area contributed by atoms with E-state index in [-0.39, 0.29) is 0 Å². The van der Waals surface area contributed by atoms with Gasteiger partial charge in [0, 0.05) is 55.7 Å². The maximum Gasteiger partial charge on any atom is 0.136 e. The van der Waals surface area contributed by atoms with Crippen LogP contribution >= 0.6 is 0 Å². The van der Waals surface area contributed by atoms with Crippen molar-refractivity contribution in [3.8, 4) is 0 Å². The Bertz CT molecular complexity index is 3130. The Labute approximate surface area is 349 Å². The van der Waals surface area contributed by atoms with Crippen LogP contribution in [0.15, 0.2) is 191 Å². The molecule has 0 saturated heterocycles. The van der Waals surface area contributed by atoms with Crippen LogP contribution in [0.5, 0.6) is 0 Å². The zero-order chi connectivity index (χ0) is 40.5. The highest BCUT2D eigenvalue weighted by molar-refractivity contribution is 6.18. The van der Waals surface area contributed by atoms with E-state index in [0.29, 0.717) is 11.8 Å². The first-order valence-electron chi connectivity index (χ1n) is 20.9. The van der Waals surface area contributed by atoms with Gasteiger partial charge >= 0.3 is 0 Å². The standard InChI is InChI=1S/C56H44N2O2/c1-35(2)37-15-21-45(22-16-37)57(43-11-7-5-8-12-43)47-25-19-39-29-49-51-33-56-52(34-55(51)59-53(49)31-41(39)27-47)50-30-40-20-26-48(28-42(40)32-54(50)60-56)58(44-13-9-6-10-14-44)46-23-17-38(18-24-46)36(3)4/h5-36H,1-4H3. The third-order valence-electron chi connectivity index (χ3n) is 12.1. The largest absolute Gasteiger partial charge is 0.456 e. The summed E-state index contributed by atoms with van der Waals surface area (Å²) < 4.78 is 13.3. The van der Waals surface area contributed by atoms with Gasteiger partial charge in [-0.05, 0) is 154 Å². The Morgan fingerprint density at radius 2 is 0.633 bits per heavy atom. The van der Waals surface area contributed by atoms with Crippen molar-refractivity contribution in [3.05, 3.63) is 193 Å². The van der Waals surface area contributed by atoms with Gasteiger partial charge in [0.05, 0.1) is 0 Å². The third-order valence-corrected chi connectivity index (χ3v) is 12.1. The van der Waals surface area contributed by atoms with Gasteiger partial charge in [0.2, 0.25) is 0 Å². The lowest BCUT2D eigenvalue weighted by atomic mass is 10.0. The maximum atomic E-state index is 6.67. The second kappa shape index (κ2) is 14.2. The topological polar surface area (TPSA) is 32.8 Å². The molecule has 290 valence electrons. The van der Waals surface area contributed by atoms with E-state index >= 15 is 0 Å². The SMILES string of the molecule is CC(C)c1ccc(N(c2ccccc2)c2ccc3cc4c(cc3c2)oc2cc3c(cc24)oc2cc4cc(N(c5ccccc5)c5ccc(C(C)C)cc5)ccc4cc23)cc1. The van der Waals surface area contributed by atoms with Gasteiger partial charge in [-0.1, -0.05) is 100 Å². The monoisotopic (exact) mass is 776 g/mol. The zero-order valence-corrected chi connectivity index (χ0v) is 34.2. The van der Waals surface area contributed by atoms with Crippen molar-refractivity contribution in [3.63, 3.8) is 0 Å². The van der Waals surface area contributed by atoms with Crippen LogP contribution in [0.3, 0.4) is 0 Å². The molecule has 0 aliphatic heterocycles. The highest BCUT2D eigenvalue weighted by Gasteiger charge is 2.19. The quantitative estimate of drug-likeness (QED) is 0.154. The van der Waals surface area contributed by atoms with E-state index in [1.165, 1.54) is 11.1 Å². The molecule has 4 nitrogen and oxygen atoms in total. The van der Waals surface area contributed by atoms with Crippen molar-refractivity contribution < 1.29 is 8.83 Å². The lowest BCUT2D eigenvalue weighted by Gasteiger charge is -2.26. The van der Waals surface area contributed by atoms with Gasteiger partial charge in [-0.25, -0.2) is 0 Å². The number of nitrogens with zero attached hydrogens (tertiary/aromatic N) is 2. The lowest BCUT2D eigenvalue weighted by Crippen LogP contribution is -2.09. The summed E-state index contributed by atoms with van der Waals surface area (Å²) in [6.07, 6.45) is 0. The van der Waals surface area contributed by atoms with Crippen LogP contribution in [0.4, 0.5) is 34.1 Å². The van der Waals surface area contributed by atoms with Crippen molar-refractivity contribution in [2.24, 2.45) is 0 Å². The molecule has 0 unspecified atom stereocenters. The normalized spacial score (nSPS) is 12.0. The van der Waals surface area contributed by atoms with Crippen molar-refractivity contribution in [1.29, 1.82) is 0 Å². The molecule has 0 spiro atoms. The predicted molar refractivity (Wildman–Crippen MR) is 254 cm³/mol. The zero-order valence-electron chi connectivity index (χ0n) is 34.2. The second-order valence-corrected chi connectivity index (χ2v) is 16.6. The molecular weight excluding hydrogens is 733 g/mol. The number of hydrogen-bond donors (Lipinski definition) is 0. The van der Waals surface area contributed by atoms with Crippen molar-refractivity contribution in [2.45, 2.75) is 39.5 Å². The van der Waals surface area contributed by atoms with E-state index in [1.54, 1.807) is 0 Å². The van der Waals surface area contributed by atoms with E-state index in [9.17, 15) is 0 Å². The number of anilines is 6. The Balaban J connectivity index is 0.982. The minimum atomic E-state index is 0.475. The molecule has 0 bridgehead atoms. The van der Waals surface area contributed by atoms with E-state index in [2.05, 4.69) is 219 Å². The van der Waals surface area contributed by atoms with Gasteiger partial charge in [0.15, 0.2) is 0 Å². The molecule has 2 heterocycles. The third kappa shape index (κ3) is 6.15. The number of fused-ring (bicyclic) bond motifs is 8. The molecule has 0 aliphatic rings. The average molecular weight is 777 g/mol. The highest BCUT2D eigenvalue weighted by Crippen LogP contribution is 2.43. The average Bonchev–Trinajstić information content (AvgIpc) is 3.80. The molecule has 0 amide bonds. The van der Waals surface area contributed by atoms with Crippen LogP contribution in [-0.4, -0.2) is 0 Å². The molecule has 2 aromatic heterocycles. The predicted octanol–water partition coefficient (Wildman–Crippen LogP) is 17.0. The molecule has 4 heteroatoms. The Morgan fingerprint density at radius 1 is 0.300 bits per heavy atom. The summed E-state index contributed by atoms with van der Waals surface area (Å²) in [6.45, 7) is 8.93. The first-order valence-corrected chi connectivity index (χ1v) is 20.9. The van der Waals surface area contributed by atoms with Gasteiger partial charge < -0.3 is 18.6 Å². The summed E-state index contributed by atoms with van der Waals surface area (Å²) >= 11 is 0. The molecule has 0 atom stereocenters. The number of hydrogen-bond acceptors (Lipinski definition) is 4. The fraction of sp³-hybridized carbons (Fsp3) is 0.107. The maximum absolute atomic E-state index is 6.67. The molecule has 60 heavy (non-hydrogen) atoms. The Kier molecular flexibility index (Phi) is 8.49. The van der Waals surface area contributed by atoms with Gasteiger partial charge in [-0.3, -0.25) is 0 Å². The number of furan rings is 2. The number of rotatable bonds is 8. The molecule has 0 fully saturated rings. The van der Waals surface area contributed by atoms with E-state index < -0.39 is 0 Å². The van der Waals surface area contributed by atoms with Crippen LogP contribution in [0.25, 0.3) is 65.4 Å².